The van der Waals surface area contributed by atoms with E-state index in [0.717, 1.165) is 28.8 Å². The van der Waals surface area contributed by atoms with Gasteiger partial charge in [-0.3, -0.25) is 9.59 Å². The molecule has 1 aliphatic heterocycles. The number of benzene rings is 1. The van der Waals surface area contributed by atoms with Gasteiger partial charge in [-0.05, 0) is 31.0 Å². The number of nitrogens with one attached hydrogen (secondary N) is 1. The molecule has 1 aliphatic rings. The van der Waals surface area contributed by atoms with Gasteiger partial charge in [0, 0.05) is 31.4 Å². The van der Waals surface area contributed by atoms with Gasteiger partial charge in [0.15, 0.2) is 11.6 Å². The number of likely N-dealkylation sites (tertiary alicyclic amines) is 1. The molecule has 0 radical (unpaired) electrons. The van der Waals surface area contributed by atoms with E-state index in [1.54, 1.807) is 19.3 Å². The van der Waals surface area contributed by atoms with Crippen LogP contribution >= 0.6 is 11.8 Å². The molecule has 0 saturated carbocycles. The first kappa shape index (κ1) is 19.4. The van der Waals surface area contributed by atoms with Crippen LogP contribution in [-0.2, 0) is 9.59 Å². The Labute approximate surface area is 172 Å². The fourth-order valence-electron chi connectivity index (χ4n) is 3.42. The van der Waals surface area contributed by atoms with Crippen molar-refractivity contribution in [1.82, 2.24) is 20.2 Å². The molecule has 1 fully saturated rings. The van der Waals surface area contributed by atoms with Crippen molar-refractivity contribution in [1.29, 1.82) is 0 Å². The number of furan rings is 1. The van der Waals surface area contributed by atoms with Crippen molar-refractivity contribution in [3.8, 4) is 11.6 Å². The van der Waals surface area contributed by atoms with Crippen LogP contribution in [0, 0.1) is 0 Å². The summed E-state index contributed by atoms with van der Waals surface area (Å²) < 4.78 is 5.43. The lowest BCUT2D eigenvalue weighted by Gasteiger charge is -2.31. The Morgan fingerprint density at radius 2 is 1.97 bits per heavy atom. The summed E-state index contributed by atoms with van der Waals surface area (Å²) in [5.41, 5.74) is 0.813. The Morgan fingerprint density at radius 3 is 2.69 bits per heavy atom. The lowest BCUT2D eigenvalue weighted by Crippen LogP contribution is -2.46. The highest BCUT2D eigenvalue weighted by molar-refractivity contribution is 8.00. The molecule has 1 aromatic carbocycles. The molecule has 2 amide bonds. The molecule has 1 saturated heterocycles. The van der Waals surface area contributed by atoms with E-state index in [-0.39, 0.29) is 23.6 Å². The topological polar surface area (TPSA) is 88.3 Å². The highest BCUT2D eigenvalue weighted by Crippen LogP contribution is 2.28. The first-order chi connectivity index (χ1) is 14.1. The van der Waals surface area contributed by atoms with Crippen LogP contribution in [0.15, 0.2) is 52.1 Å². The minimum absolute atomic E-state index is 0.0292. The zero-order valence-corrected chi connectivity index (χ0v) is 16.9. The molecular formula is C21H22N4O3S. The number of hydrogen-bond donors (Lipinski definition) is 1. The van der Waals surface area contributed by atoms with E-state index >= 15 is 0 Å². The Hall–Kier alpha value is -2.87. The van der Waals surface area contributed by atoms with Crippen molar-refractivity contribution in [2.75, 3.05) is 18.8 Å². The molecule has 1 N–H and O–H groups in total. The van der Waals surface area contributed by atoms with Crippen LogP contribution in [0.5, 0.6) is 0 Å². The lowest BCUT2D eigenvalue weighted by molar-refractivity contribution is -0.130. The standard InChI is InChI=1S/C21H22N4O3S/c1-14(26)25-10-8-15(9-11-25)22-19(27)13-29-21-16-5-2-3-6-17(16)23-20(24-21)18-7-4-12-28-18/h2-7,12,15H,8-11,13H2,1H3,(H,22,27). The van der Waals surface area contributed by atoms with Gasteiger partial charge in [0.1, 0.15) is 5.03 Å². The van der Waals surface area contributed by atoms with Crippen LogP contribution in [0.25, 0.3) is 22.5 Å². The average molecular weight is 410 g/mol. The Balaban J connectivity index is 1.43. The van der Waals surface area contributed by atoms with Crippen LogP contribution < -0.4 is 5.32 Å². The molecule has 4 rings (SSSR count). The molecule has 2 aromatic heterocycles. The molecule has 150 valence electrons. The predicted molar refractivity (Wildman–Crippen MR) is 111 cm³/mol. The second-order valence-electron chi connectivity index (χ2n) is 6.98. The maximum atomic E-state index is 12.5. The number of aromatic nitrogens is 2. The van der Waals surface area contributed by atoms with E-state index in [9.17, 15) is 9.59 Å². The van der Waals surface area contributed by atoms with Crippen LogP contribution in [0.2, 0.25) is 0 Å². The number of fused-ring (bicyclic) bond motifs is 1. The van der Waals surface area contributed by atoms with Gasteiger partial charge in [0.05, 0.1) is 17.5 Å². The highest BCUT2D eigenvalue weighted by atomic mass is 32.2. The molecule has 29 heavy (non-hydrogen) atoms. The van der Waals surface area contributed by atoms with Crippen LogP contribution in [0.1, 0.15) is 19.8 Å². The molecular weight excluding hydrogens is 388 g/mol. The van der Waals surface area contributed by atoms with Crippen LogP contribution in [0.3, 0.4) is 0 Å². The summed E-state index contributed by atoms with van der Waals surface area (Å²) in [4.78, 5) is 34.9. The molecule has 0 unspecified atom stereocenters. The van der Waals surface area contributed by atoms with Gasteiger partial charge in [-0.25, -0.2) is 9.97 Å². The largest absolute Gasteiger partial charge is 0.461 e. The van der Waals surface area contributed by atoms with E-state index in [2.05, 4.69) is 15.3 Å². The highest BCUT2D eigenvalue weighted by Gasteiger charge is 2.22. The van der Waals surface area contributed by atoms with Crippen molar-refractivity contribution < 1.29 is 14.0 Å². The normalized spacial score (nSPS) is 14.9. The van der Waals surface area contributed by atoms with Crippen molar-refractivity contribution in [3.63, 3.8) is 0 Å². The third-order valence-corrected chi connectivity index (χ3v) is 5.95. The third-order valence-electron chi connectivity index (χ3n) is 4.96. The number of piperidine rings is 1. The summed E-state index contributed by atoms with van der Waals surface area (Å²) in [6.45, 7) is 2.96. The first-order valence-electron chi connectivity index (χ1n) is 9.58. The minimum Gasteiger partial charge on any atom is -0.461 e. The molecule has 3 heterocycles. The Kier molecular flexibility index (Phi) is 5.80. The number of carbonyl (C=O) groups is 2. The smallest absolute Gasteiger partial charge is 0.230 e. The first-order valence-corrected chi connectivity index (χ1v) is 10.6. The Bertz CT molecular complexity index is 1010. The summed E-state index contributed by atoms with van der Waals surface area (Å²) in [5.74, 6) is 1.44. The quantitative estimate of drug-likeness (QED) is 0.514. The van der Waals surface area contributed by atoms with E-state index in [1.165, 1.54) is 11.8 Å². The number of amides is 2. The molecule has 7 nitrogen and oxygen atoms in total. The van der Waals surface area contributed by atoms with E-state index in [1.807, 2.05) is 35.2 Å². The fourth-order valence-corrected chi connectivity index (χ4v) is 4.25. The van der Waals surface area contributed by atoms with E-state index in [4.69, 9.17) is 4.42 Å². The summed E-state index contributed by atoms with van der Waals surface area (Å²) in [6.07, 6.45) is 3.16. The Morgan fingerprint density at radius 1 is 1.17 bits per heavy atom. The second-order valence-corrected chi connectivity index (χ2v) is 7.95. The van der Waals surface area contributed by atoms with Crippen molar-refractivity contribution >= 4 is 34.5 Å². The van der Waals surface area contributed by atoms with Gasteiger partial charge >= 0.3 is 0 Å². The van der Waals surface area contributed by atoms with Gasteiger partial charge in [-0.15, -0.1) is 0 Å². The molecule has 0 aliphatic carbocycles. The van der Waals surface area contributed by atoms with Gasteiger partial charge < -0.3 is 14.6 Å². The summed E-state index contributed by atoms with van der Waals surface area (Å²) in [5, 5.41) is 4.74. The lowest BCUT2D eigenvalue weighted by atomic mass is 10.1. The average Bonchev–Trinajstić information content (AvgIpc) is 3.27. The predicted octanol–water partition coefficient (Wildman–Crippen LogP) is 3.11. The van der Waals surface area contributed by atoms with Crippen LogP contribution in [-0.4, -0.2) is 51.6 Å². The van der Waals surface area contributed by atoms with Gasteiger partial charge in [-0.2, -0.15) is 0 Å². The number of carbonyl (C=O) groups excluding carboxylic acids is 2. The van der Waals surface area contributed by atoms with Gasteiger partial charge in [-0.1, -0.05) is 30.0 Å². The monoisotopic (exact) mass is 410 g/mol. The van der Waals surface area contributed by atoms with Crippen molar-refractivity contribution in [2.45, 2.75) is 30.8 Å². The maximum absolute atomic E-state index is 12.5. The number of nitrogens with zero attached hydrogens (tertiary/aromatic N) is 3. The van der Waals surface area contributed by atoms with Crippen LogP contribution in [0.4, 0.5) is 0 Å². The van der Waals surface area contributed by atoms with E-state index in [0.29, 0.717) is 24.7 Å². The summed E-state index contributed by atoms with van der Waals surface area (Å²) >= 11 is 1.39. The second kappa shape index (κ2) is 8.65. The maximum Gasteiger partial charge on any atom is 0.230 e. The third kappa shape index (κ3) is 4.59. The van der Waals surface area contributed by atoms with Crippen molar-refractivity contribution in [2.24, 2.45) is 0 Å². The number of hydrogen-bond acceptors (Lipinski definition) is 6. The van der Waals surface area contributed by atoms with E-state index < -0.39 is 0 Å². The van der Waals surface area contributed by atoms with Gasteiger partial charge in [0.25, 0.3) is 0 Å². The SMILES string of the molecule is CC(=O)N1CCC(NC(=O)CSc2nc(-c3ccco3)nc3ccccc23)CC1. The molecule has 0 spiro atoms. The molecule has 0 atom stereocenters. The number of thioether (sulfide) groups is 1. The fraction of sp³-hybridized carbons (Fsp3) is 0.333. The summed E-state index contributed by atoms with van der Waals surface area (Å²) in [7, 11) is 0. The minimum atomic E-state index is -0.0292. The molecule has 8 heteroatoms. The number of para-hydroxylation sites is 1. The number of rotatable bonds is 5. The van der Waals surface area contributed by atoms with Crippen molar-refractivity contribution in [3.05, 3.63) is 42.7 Å². The molecule has 0 bridgehead atoms. The molecule has 3 aromatic rings. The summed E-state index contributed by atoms with van der Waals surface area (Å²) in [6, 6.07) is 11.5. The zero-order valence-electron chi connectivity index (χ0n) is 16.1. The zero-order chi connectivity index (χ0) is 20.2. The van der Waals surface area contributed by atoms with Gasteiger partial charge in [0.2, 0.25) is 11.8 Å².